The Morgan fingerprint density at radius 2 is 2.21 bits per heavy atom. The second-order valence-corrected chi connectivity index (χ2v) is 7.67. The van der Waals surface area contributed by atoms with Gasteiger partial charge in [0.1, 0.15) is 12.0 Å². The number of oxazole rings is 1. The summed E-state index contributed by atoms with van der Waals surface area (Å²) in [7, 11) is 0. The summed E-state index contributed by atoms with van der Waals surface area (Å²) in [6, 6.07) is 0. The van der Waals surface area contributed by atoms with Crippen molar-refractivity contribution < 1.29 is 23.5 Å². The Bertz CT molecular complexity index is 868. The first-order valence-corrected chi connectivity index (χ1v) is 10.1. The van der Waals surface area contributed by atoms with Gasteiger partial charge in [0.2, 0.25) is 0 Å². The first-order chi connectivity index (χ1) is 14.1. The maximum Gasteiger partial charge on any atom is 0.360 e. The summed E-state index contributed by atoms with van der Waals surface area (Å²) >= 11 is 0. The van der Waals surface area contributed by atoms with Crippen LogP contribution in [-0.2, 0) is 28.9 Å². The molecule has 2 aromatic heterocycles. The number of fused-ring (bicyclic) bond motifs is 1. The third-order valence-corrected chi connectivity index (χ3v) is 5.81. The van der Waals surface area contributed by atoms with Gasteiger partial charge in [0.25, 0.3) is 5.91 Å². The van der Waals surface area contributed by atoms with Crippen LogP contribution in [0.25, 0.3) is 0 Å². The highest BCUT2D eigenvalue weighted by molar-refractivity contribution is 5.94. The van der Waals surface area contributed by atoms with Crippen molar-refractivity contribution in [2.24, 2.45) is 5.41 Å². The molecule has 2 aliphatic heterocycles. The zero-order valence-corrected chi connectivity index (χ0v) is 16.6. The number of hydrogen-bond donors (Lipinski definition) is 1. The minimum absolute atomic E-state index is 0.0228. The van der Waals surface area contributed by atoms with E-state index in [4.69, 9.17) is 19.0 Å². The number of ether oxygens (including phenoxy) is 2. The molecule has 0 unspecified atom stereocenters. The van der Waals surface area contributed by atoms with Gasteiger partial charge in [-0.15, -0.1) is 0 Å². The van der Waals surface area contributed by atoms with Crippen LogP contribution in [0.5, 0.6) is 0 Å². The van der Waals surface area contributed by atoms with Gasteiger partial charge in [-0.3, -0.25) is 9.48 Å². The van der Waals surface area contributed by atoms with Gasteiger partial charge < -0.3 is 19.2 Å². The van der Waals surface area contributed by atoms with E-state index in [1.807, 2.05) is 6.92 Å². The van der Waals surface area contributed by atoms with Crippen molar-refractivity contribution in [3.05, 3.63) is 35.3 Å². The van der Waals surface area contributed by atoms with Gasteiger partial charge in [-0.1, -0.05) is 0 Å². The van der Waals surface area contributed by atoms with Crippen LogP contribution in [0.15, 0.2) is 17.1 Å². The SMILES string of the molecule is CCn1nc(CCCOC(=O)c2cocn2)c2c1C(=O)NCC1(CCOCC1)C2. The lowest BCUT2D eigenvalue weighted by molar-refractivity contribution is 0.0160. The summed E-state index contributed by atoms with van der Waals surface area (Å²) in [5.74, 6) is -0.557. The average molecular weight is 402 g/mol. The maximum absolute atomic E-state index is 12.8. The summed E-state index contributed by atoms with van der Waals surface area (Å²) in [5.41, 5.74) is 2.81. The van der Waals surface area contributed by atoms with Crippen molar-refractivity contribution in [1.82, 2.24) is 20.1 Å². The number of esters is 1. The molecule has 4 rings (SSSR count). The van der Waals surface area contributed by atoms with Crippen molar-refractivity contribution in [3.63, 3.8) is 0 Å². The lowest BCUT2D eigenvalue weighted by Gasteiger charge is -2.36. The van der Waals surface area contributed by atoms with Crippen LogP contribution in [0.2, 0.25) is 0 Å². The molecule has 0 bridgehead atoms. The minimum atomic E-state index is -0.503. The molecule has 1 saturated heterocycles. The predicted molar refractivity (Wildman–Crippen MR) is 102 cm³/mol. The molecular formula is C20H26N4O5. The lowest BCUT2D eigenvalue weighted by atomic mass is 9.75. The lowest BCUT2D eigenvalue weighted by Crippen LogP contribution is -2.40. The molecule has 4 heterocycles. The zero-order valence-electron chi connectivity index (χ0n) is 16.6. The molecule has 1 fully saturated rings. The van der Waals surface area contributed by atoms with E-state index in [9.17, 15) is 9.59 Å². The molecule has 0 radical (unpaired) electrons. The smallest absolute Gasteiger partial charge is 0.360 e. The van der Waals surface area contributed by atoms with Crippen LogP contribution in [-0.4, -0.2) is 53.0 Å². The van der Waals surface area contributed by atoms with E-state index in [1.54, 1.807) is 4.68 Å². The van der Waals surface area contributed by atoms with E-state index in [0.29, 0.717) is 31.6 Å². The van der Waals surface area contributed by atoms with Crippen molar-refractivity contribution in [1.29, 1.82) is 0 Å². The van der Waals surface area contributed by atoms with Crippen LogP contribution >= 0.6 is 0 Å². The van der Waals surface area contributed by atoms with Gasteiger partial charge in [-0.2, -0.15) is 5.10 Å². The molecule has 0 aliphatic carbocycles. The number of nitrogens with zero attached hydrogens (tertiary/aromatic N) is 3. The Hall–Kier alpha value is -2.68. The molecule has 1 N–H and O–H groups in total. The van der Waals surface area contributed by atoms with Crippen molar-refractivity contribution in [3.8, 4) is 0 Å². The number of hydrogen-bond acceptors (Lipinski definition) is 7. The second-order valence-electron chi connectivity index (χ2n) is 7.67. The molecule has 1 spiro atoms. The zero-order chi connectivity index (χ0) is 20.3. The quantitative estimate of drug-likeness (QED) is 0.579. The molecule has 0 aromatic carbocycles. The normalized spacial score (nSPS) is 18.2. The van der Waals surface area contributed by atoms with Gasteiger partial charge in [0.15, 0.2) is 12.1 Å². The van der Waals surface area contributed by atoms with Crippen LogP contribution in [0.1, 0.15) is 58.4 Å². The van der Waals surface area contributed by atoms with E-state index < -0.39 is 5.97 Å². The monoisotopic (exact) mass is 402 g/mol. The van der Waals surface area contributed by atoms with Gasteiger partial charge >= 0.3 is 5.97 Å². The first-order valence-electron chi connectivity index (χ1n) is 10.1. The third-order valence-electron chi connectivity index (χ3n) is 5.81. The van der Waals surface area contributed by atoms with Crippen molar-refractivity contribution >= 4 is 11.9 Å². The summed E-state index contributed by atoms with van der Waals surface area (Å²) in [6.45, 7) is 4.99. The highest BCUT2D eigenvalue weighted by Crippen LogP contribution is 2.37. The van der Waals surface area contributed by atoms with Gasteiger partial charge in [-0.25, -0.2) is 9.78 Å². The number of carbonyl (C=O) groups is 2. The molecule has 1 amide bonds. The summed E-state index contributed by atoms with van der Waals surface area (Å²) in [6.07, 6.45) is 6.39. The fraction of sp³-hybridized carbons (Fsp3) is 0.600. The number of amides is 1. The van der Waals surface area contributed by atoms with Gasteiger partial charge in [0, 0.05) is 31.9 Å². The van der Waals surface area contributed by atoms with E-state index in [-0.39, 0.29) is 23.6 Å². The molecule has 2 aliphatic rings. The Kier molecular flexibility index (Phi) is 5.66. The standard InChI is InChI=1S/C20H26N4O5/c1-2-24-17-14(10-20(12-21-18(17)25)5-8-27-9-6-20)15(23-24)4-3-7-29-19(26)16-11-28-13-22-16/h11,13H,2-10,12H2,1H3,(H,21,25). The van der Waals surface area contributed by atoms with Crippen LogP contribution in [0, 0.1) is 5.41 Å². The van der Waals surface area contributed by atoms with E-state index in [2.05, 4.69) is 10.3 Å². The number of aromatic nitrogens is 3. The topological polar surface area (TPSA) is 108 Å². The molecule has 156 valence electrons. The van der Waals surface area contributed by atoms with E-state index in [1.165, 1.54) is 12.7 Å². The number of rotatable bonds is 6. The molecule has 0 atom stereocenters. The van der Waals surface area contributed by atoms with Crippen LogP contribution in [0.3, 0.4) is 0 Å². The Morgan fingerprint density at radius 1 is 1.38 bits per heavy atom. The first kappa shape index (κ1) is 19.6. The Labute approximate surface area is 168 Å². The average Bonchev–Trinajstić information content (AvgIpc) is 3.36. The molecule has 29 heavy (non-hydrogen) atoms. The van der Waals surface area contributed by atoms with Crippen LogP contribution in [0.4, 0.5) is 0 Å². The van der Waals surface area contributed by atoms with Gasteiger partial charge in [-0.05, 0) is 44.4 Å². The molecule has 9 heteroatoms. The van der Waals surface area contributed by atoms with E-state index in [0.717, 1.165) is 43.7 Å². The molecular weight excluding hydrogens is 376 g/mol. The molecule has 9 nitrogen and oxygen atoms in total. The third kappa shape index (κ3) is 4.05. The second kappa shape index (κ2) is 8.36. The number of nitrogens with one attached hydrogen (secondary N) is 1. The van der Waals surface area contributed by atoms with Crippen LogP contribution < -0.4 is 5.32 Å². The van der Waals surface area contributed by atoms with Gasteiger partial charge in [0.05, 0.1) is 12.3 Å². The minimum Gasteiger partial charge on any atom is -0.461 e. The summed E-state index contributed by atoms with van der Waals surface area (Å²) in [5, 5.41) is 7.81. The summed E-state index contributed by atoms with van der Waals surface area (Å²) < 4.78 is 17.4. The fourth-order valence-electron chi connectivity index (χ4n) is 4.16. The Morgan fingerprint density at radius 3 is 2.93 bits per heavy atom. The molecule has 0 saturated carbocycles. The summed E-state index contributed by atoms with van der Waals surface area (Å²) in [4.78, 5) is 28.4. The van der Waals surface area contributed by atoms with E-state index >= 15 is 0 Å². The number of carbonyl (C=O) groups excluding carboxylic acids is 2. The number of aryl methyl sites for hydroxylation is 2. The highest BCUT2D eigenvalue weighted by Gasteiger charge is 2.39. The van der Waals surface area contributed by atoms with Crippen molar-refractivity contribution in [2.45, 2.75) is 45.6 Å². The fourth-order valence-corrected chi connectivity index (χ4v) is 4.16. The maximum atomic E-state index is 12.8. The predicted octanol–water partition coefficient (Wildman–Crippen LogP) is 1.76. The largest absolute Gasteiger partial charge is 0.461 e. The molecule has 2 aromatic rings. The van der Waals surface area contributed by atoms with Crippen molar-refractivity contribution in [2.75, 3.05) is 26.4 Å². The Balaban J connectivity index is 1.47. The highest BCUT2D eigenvalue weighted by atomic mass is 16.5.